The smallest absolute Gasteiger partial charge is 0.343 e. The van der Waals surface area contributed by atoms with Gasteiger partial charge < -0.3 is 23.8 Å². The molecular weight excluding hydrogens is 362 g/mol. The fourth-order valence-corrected chi connectivity index (χ4v) is 2.91. The lowest BCUT2D eigenvalue weighted by Crippen LogP contribution is -2.05. The van der Waals surface area contributed by atoms with Crippen molar-refractivity contribution in [3.05, 3.63) is 69.8 Å². The van der Waals surface area contributed by atoms with Crippen molar-refractivity contribution in [3.63, 3.8) is 0 Å². The lowest BCUT2D eigenvalue weighted by atomic mass is 10.1. The summed E-state index contributed by atoms with van der Waals surface area (Å²) in [5.74, 6) is 1.12. The zero-order valence-corrected chi connectivity index (χ0v) is 15.2. The minimum absolute atomic E-state index is 0.0780. The fraction of sp³-hybridized carbons (Fsp3) is 0.143. The highest BCUT2D eigenvalue weighted by molar-refractivity contribution is 5.84. The van der Waals surface area contributed by atoms with E-state index in [-0.39, 0.29) is 29.4 Å². The van der Waals surface area contributed by atoms with E-state index in [9.17, 15) is 15.0 Å². The van der Waals surface area contributed by atoms with Crippen molar-refractivity contribution in [2.24, 2.45) is 0 Å². The van der Waals surface area contributed by atoms with Crippen molar-refractivity contribution < 1.29 is 23.8 Å². The molecule has 7 nitrogen and oxygen atoms in total. The first-order chi connectivity index (χ1) is 13.4. The van der Waals surface area contributed by atoms with E-state index in [2.05, 4.69) is 4.98 Å². The van der Waals surface area contributed by atoms with E-state index in [0.29, 0.717) is 22.7 Å². The number of ether oxygens (including phenoxy) is 1. The molecule has 4 rings (SSSR count). The van der Waals surface area contributed by atoms with Gasteiger partial charge in [-0.25, -0.2) is 4.79 Å². The van der Waals surface area contributed by atoms with E-state index < -0.39 is 5.63 Å². The molecule has 0 aliphatic carbocycles. The van der Waals surface area contributed by atoms with Crippen LogP contribution < -0.4 is 10.4 Å². The molecule has 3 aromatic heterocycles. The Bertz CT molecular complexity index is 1240. The Morgan fingerprint density at radius 1 is 1.04 bits per heavy atom. The van der Waals surface area contributed by atoms with Gasteiger partial charge in [0.05, 0.1) is 11.8 Å². The summed E-state index contributed by atoms with van der Waals surface area (Å²) in [4.78, 5) is 15.8. The van der Waals surface area contributed by atoms with Crippen molar-refractivity contribution in [2.75, 3.05) is 0 Å². The molecule has 0 radical (unpaired) electrons. The van der Waals surface area contributed by atoms with Gasteiger partial charge in [0.2, 0.25) is 0 Å². The summed E-state index contributed by atoms with van der Waals surface area (Å²) < 4.78 is 16.8. The van der Waals surface area contributed by atoms with Crippen LogP contribution in [0.1, 0.15) is 16.7 Å². The van der Waals surface area contributed by atoms with E-state index in [4.69, 9.17) is 13.6 Å². The molecule has 0 atom stereocenters. The highest BCUT2D eigenvalue weighted by Gasteiger charge is 2.18. The molecular formula is C21H17NO6. The average molecular weight is 379 g/mol. The van der Waals surface area contributed by atoms with Gasteiger partial charge >= 0.3 is 5.63 Å². The summed E-state index contributed by atoms with van der Waals surface area (Å²) >= 11 is 0. The van der Waals surface area contributed by atoms with E-state index in [0.717, 1.165) is 10.9 Å². The topological polar surface area (TPSA) is 106 Å². The molecule has 142 valence electrons. The van der Waals surface area contributed by atoms with Gasteiger partial charge in [-0.1, -0.05) is 0 Å². The molecule has 0 aliphatic heterocycles. The molecule has 0 saturated heterocycles. The standard InChI is InChI=1S/C21H17NO6/c1-11-19(24)12(2)21(25)28-20(11)18-7-14-6-16(3-4-17(14)27-18)26-10-13-5-15(23)9-22-8-13/h3-9,23-24H,10H2,1-2H3. The number of hydrogen-bond acceptors (Lipinski definition) is 7. The Kier molecular flexibility index (Phi) is 4.27. The van der Waals surface area contributed by atoms with Crippen LogP contribution in [-0.2, 0) is 6.61 Å². The van der Waals surface area contributed by atoms with Crippen molar-refractivity contribution >= 4 is 11.0 Å². The Labute approximate surface area is 159 Å². The average Bonchev–Trinajstić information content (AvgIpc) is 3.10. The second kappa shape index (κ2) is 6.77. The van der Waals surface area contributed by atoms with Gasteiger partial charge in [0.15, 0.2) is 11.5 Å². The zero-order chi connectivity index (χ0) is 19.8. The van der Waals surface area contributed by atoms with Crippen LogP contribution in [0.25, 0.3) is 22.5 Å². The Morgan fingerprint density at radius 3 is 2.64 bits per heavy atom. The number of pyridine rings is 1. The van der Waals surface area contributed by atoms with Crippen LogP contribution in [0.15, 0.2) is 56.4 Å². The van der Waals surface area contributed by atoms with Crippen LogP contribution in [0.2, 0.25) is 0 Å². The number of rotatable bonds is 4. The largest absolute Gasteiger partial charge is 0.507 e. The van der Waals surface area contributed by atoms with Crippen molar-refractivity contribution in [2.45, 2.75) is 20.5 Å². The van der Waals surface area contributed by atoms with Crippen molar-refractivity contribution in [1.29, 1.82) is 0 Å². The third-order valence-electron chi connectivity index (χ3n) is 4.45. The number of fused-ring (bicyclic) bond motifs is 1. The molecule has 0 unspecified atom stereocenters. The van der Waals surface area contributed by atoms with Gasteiger partial charge in [0, 0.05) is 22.7 Å². The Morgan fingerprint density at radius 2 is 1.86 bits per heavy atom. The number of aromatic nitrogens is 1. The third kappa shape index (κ3) is 3.18. The highest BCUT2D eigenvalue weighted by Crippen LogP contribution is 2.34. The van der Waals surface area contributed by atoms with Crippen LogP contribution in [0, 0.1) is 13.8 Å². The van der Waals surface area contributed by atoms with Gasteiger partial charge in [-0.05, 0) is 44.2 Å². The second-order valence-corrected chi connectivity index (χ2v) is 6.47. The molecule has 0 spiro atoms. The van der Waals surface area contributed by atoms with Gasteiger partial charge in [-0.3, -0.25) is 4.98 Å². The van der Waals surface area contributed by atoms with Crippen LogP contribution in [0.4, 0.5) is 0 Å². The van der Waals surface area contributed by atoms with Crippen LogP contribution in [-0.4, -0.2) is 15.2 Å². The normalized spacial score (nSPS) is 11.1. The summed E-state index contributed by atoms with van der Waals surface area (Å²) in [5.41, 5.74) is 1.31. The lowest BCUT2D eigenvalue weighted by Gasteiger charge is -2.06. The summed E-state index contributed by atoms with van der Waals surface area (Å²) in [7, 11) is 0. The fourth-order valence-electron chi connectivity index (χ4n) is 2.91. The molecule has 0 amide bonds. The maximum Gasteiger partial charge on any atom is 0.343 e. The Hall–Kier alpha value is -3.74. The van der Waals surface area contributed by atoms with Crippen LogP contribution >= 0.6 is 0 Å². The van der Waals surface area contributed by atoms with E-state index in [1.54, 1.807) is 43.5 Å². The quantitative estimate of drug-likeness (QED) is 0.551. The maximum atomic E-state index is 11.9. The van der Waals surface area contributed by atoms with Crippen LogP contribution in [0.5, 0.6) is 17.2 Å². The highest BCUT2D eigenvalue weighted by atomic mass is 16.5. The van der Waals surface area contributed by atoms with Gasteiger partial charge in [0.1, 0.15) is 29.4 Å². The van der Waals surface area contributed by atoms with Gasteiger partial charge in [-0.15, -0.1) is 0 Å². The summed E-state index contributed by atoms with van der Waals surface area (Å²) in [5, 5.41) is 20.3. The summed E-state index contributed by atoms with van der Waals surface area (Å²) in [6.45, 7) is 3.41. The number of aromatic hydroxyl groups is 2. The minimum Gasteiger partial charge on any atom is -0.507 e. The first-order valence-electron chi connectivity index (χ1n) is 8.55. The van der Waals surface area contributed by atoms with Gasteiger partial charge in [-0.2, -0.15) is 0 Å². The predicted octanol–water partition coefficient (Wildman–Crippen LogP) is 4.06. The molecule has 28 heavy (non-hydrogen) atoms. The predicted molar refractivity (Wildman–Crippen MR) is 102 cm³/mol. The third-order valence-corrected chi connectivity index (χ3v) is 4.45. The molecule has 0 bridgehead atoms. The van der Waals surface area contributed by atoms with E-state index in [1.807, 2.05) is 0 Å². The second-order valence-electron chi connectivity index (χ2n) is 6.47. The molecule has 7 heteroatoms. The summed E-state index contributed by atoms with van der Waals surface area (Å²) in [6, 6.07) is 8.59. The van der Waals surface area contributed by atoms with Gasteiger partial charge in [0.25, 0.3) is 0 Å². The number of furan rings is 1. The molecule has 0 saturated carbocycles. The summed E-state index contributed by atoms with van der Waals surface area (Å²) in [6.07, 6.45) is 2.97. The molecule has 4 aromatic rings. The zero-order valence-electron chi connectivity index (χ0n) is 15.2. The molecule has 3 heterocycles. The van der Waals surface area contributed by atoms with E-state index in [1.165, 1.54) is 13.1 Å². The first kappa shape index (κ1) is 17.7. The molecule has 0 aliphatic rings. The van der Waals surface area contributed by atoms with Crippen molar-refractivity contribution in [3.8, 4) is 28.8 Å². The van der Waals surface area contributed by atoms with Crippen molar-refractivity contribution in [1.82, 2.24) is 4.98 Å². The Balaban J connectivity index is 1.65. The SMILES string of the molecule is Cc1c(-c2cc3cc(OCc4cncc(O)c4)ccc3o2)oc(=O)c(C)c1O. The molecule has 2 N–H and O–H groups in total. The molecule has 1 aromatic carbocycles. The number of nitrogens with zero attached hydrogens (tertiary/aromatic N) is 1. The lowest BCUT2D eigenvalue weighted by molar-refractivity contribution is 0.305. The minimum atomic E-state index is -0.609. The number of benzene rings is 1. The maximum absolute atomic E-state index is 11.9. The monoisotopic (exact) mass is 379 g/mol. The first-order valence-corrected chi connectivity index (χ1v) is 8.55. The number of hydrogen-bond donors (Lipinski definition) is 2. The molecule has 0 fully saturated rings. The van der Waals surface area contributed by atoms with E-state index >= 15 is 0 Å². The van der Waals surface area contributed by atoms with Crippen LogP contribution in [0.3, 0.4) is 0 Å².